The summed E-state index contributed by atoms with van der Waals surface area (Å²) in [6.45, 7) is 0. The van der Waals surface area contributed by atoms with Crippen LogP contribution in [0.5, 0.6) is 11.5 Å². The van der Waals surface area contributed by atoms with Gasteiger partial charge in [-0.3, -0.25) is 4.79 Å². The van der Waals surface area contributed by atoms with E-state index in [4.69, 9.17) is 16.3 Å². The number of halogens is 1. The van der Waals surface area contributed by atoms with Crippen molar-refractivity contribution in [1.29, 1.82) is 0 Å². The van der Waals surface area contributed by atoms with Crippen molar-refractivity contribution in [2.75, 3.05) is 5.32 Å². The number of anilines is 1. The van der Waals surface area contributed by atoms with Gasteiger partial charge in [-0.05, 0) is 54.8 Å². The molecule has 142 valence electrons. The molecule has 3 aromatic carbocycles. The molecule has 1 unspecified atom stereocenters. The summed E-state index contributed by atoms with van der Waals surface area (Å²) in [5.41, 5.74) is 1.77. The number of nitrogens with one attached hydrogen (secondary N) is 2. The molecule has 0 aliphatic heterocycles. The second kappa shape index (κ2) is 8.36. The van der Waals surface area contributed by atoms with Crippen LogP contribution in [0.25, 0.3) is 0 Å². The predicted molar refractivity (Wildman–Crippen MR) is 112 cm³/mol. The van der Waals surface area contributed by atoms with Crippen LogP contribution in [0, 0.1) is 0 Å². The third-order valence-corrected chi connectivity index (χ3v) is 4.86. The highest BCUT2D eigenvalue weighted by molar-refractivity contribution is 6.32. The highest BCUT2D eigenvalue weighted by Crippen LogP contribution is 2.30. The van der Waals surface area contributed by atoms with Crippen LogP contribution in [0.2, 0.25) is 5.02 Å². The largest absolute Gasteiger partial charge is 0.456 e. The van der Waals surface area contributed by atoms with E-state index in [0.29, 0.717) is 22.6 Å². The van der Waals surface area contributed by atoms with Gasteiger partial charge in [-0.2, -0.15) is 0 Å². The number of hydrogen-bond acceptors (Lipinski definition) is 3. The second-order valence-corrected chi connectivity index (χ2v) is 7.23. The van der Waals surface area contributed by atoms with Gasteiger partial charge in [-0.25, -0.2) is 0 Å². The maximum absolute atomic E-state index is 12.7. The minimum Gasteiger partial charge on any atom is -0.456 e. The Kier molecular flexibility index (Phi) is 5.49. The lowest BCUT2D eigenvalue weighted by Gasteiger charge is -2.20. The minimum absolute atomic E-state index is 0.00917. The fraction of sp³-hybridized carbons (Fsp3) is 0.174. The van der Waals surface area contributed by atoms with Gasteiger partial charge in [0.1, 0.15) is 17.5 Å². The monoisotopic (exact) mass is 392 g/mol. The Morgan fingerprint density at radius 2 is 1.61 bits per heavy atom. The second-order valence-electron chi connectivity index (χ2n) is 6.83. The van der Waals surface area contributed by atoms with Crippen LogP contribution in [-0.4, -0.2) is 11.9 Å². The maximum Gasteiger partial charge on any atom is 0.247 e. The van der Waals surface area contributed by atoms with Crippen molar-refractivity contribution in [1.82, 2.24) is 5.32 Å². The summed E-state index contributed by atoms with van der Waals surface area (Å²) in [4.78, 5) is 12.7. The molecule has 1 amide bonds. The molecule has 2 N–H and O–H groups in total. The lowest BCUT2D eigenvalue weighted by atomic mass is 10.1. The molecule has 4 rings (SSSR count). The molecule has 0 heterocycles. The molecule has 1 saturated carbocycles. The number of amides is 1. The zero-order valence-electron chi connectivity index (χ0n) is 15.3. The summed E-state index contributed by atoms with van der Waals surface area (Å²) < 4.78 is 5.82. The van der Waals surface area contributed by atoms with Gasteiger partial charge < -0.3 is 15.4 Å². The molecule has 28 heavy (non-hydrogen) atoms. The molecule has 0 bridgehead atoms. The molecule has 0 saturated heterocycles. The third-order valence-electron chi connectivity index (χ3n) is 4.55. The summed E-state index contributed by atoms with van der Waals surface area (Å²) in [7, 11) is 0. The van der Waals surface area contributed by atoms with Gasteiger partial charge in [0, 0.05) is 11.7 Å². The molecule has 1 atom stereocenters. The average molecular weight is 393 g/mol. The van der Waals surface area contributed by atoms with Crippen molar-refractivity contribution in [3.05, 3.63) is 89.4 Å². The number of ether oxygens (including phenoxy) is 1. The summed E-state index contributed by atoms with van der Waals surface area (Å²) >= 11 is 6.14. The number of carbonyl (C=O) groups is 1. The van der Waals surface area contributed by atoms with Crippen molar-refractivity contribution in [2.45, 2.75) is 24.9 Å². The number of hydrogen-bond donors (Lipinski definition) is 2. The zero-order chi connectivity index (χ0) is 19.3. The van der Waals surface area contributed by atoms with Crippen LogP contribution in [0.4, 0.5) is 5.69 Å². The number of para-hydroxylation sites is 1. The smallest absolute Gasteiger partial charge is 0.247 e. The third kappa shape index (κ3) is 4.65. The summed E-state index contributed by atoms with van der Waals surface area (Å²) in [5.74, 6) is 1.28. The van der Waals surface area contributed by atoms with Gasteiger partial charge in [0.25, 0.3) is 0 Å². The van der Waals surface area contributed by atoms with E-state index >= 15 is 0 Å². The molecule has 1 aliphatic carbocycles. The molecule has 1 aliphatic rings. The first-order valence-corrected chi connectivity index (χ1v) is 9.71. The van der Waals surface area contributed by atoms with Crippen molar-refractivity contribution >= 4 is 23.2 Å². The van der Waals surface area contributed by atoms with E-state index < -0.39 is 6.04 Å². The number of carbonyl (C=O) groups excluding carboxylic acids is 1. The van der Waals surface area contributed by atoms with Crippen LogP contribution in [0.1, 0.15) is 24.4 Å². The maximum atomic E-state index is 12.7. The Bertz CT molecular complexity index is 940. The highest BCUT2D eigenvalue weighted by atomic mass is 35.5. The van der Waals surface area contributed by atoms with E-state index in [2.05, 4.69) is 10.6 Å². The molecule has 0 aromatic heterocycles. The SMILES string of the molecule is O=C(NC1CC1)C(Nc1ccc(Oc2ccccc2Cl)cc1)c1ccccc1. The summed E-state index contributed by atoms with van der Waals surface area (Å²) in [6, 6.07) is 24.4. The Hall–Kier alpha value is -2.98. The lowest BCUT2D eigenvalue weighted by molar-refractivity contribution is -0.122. The van der Waals surface area contributed by atoms with Crippen molar-refractivity contribution in [3.63, 3.8) is 0 Å². The minimum atomic E-state index is -0.447. The molecular weight excluding hydrogens is 372 g/mol. The van der Waals surface area contributed by atoms with Gasteiger partial charge >= 0.3 is 0 Å². The first kappa shape index (κ1) is 18.4. The van der Waals surface area contributed by atoms with E-state index in [1.807, 2.05) is 72.8 Å². The molecule has 5 heteroatoms. The molecule has 0 spiro atoms. The van der Waals surface area contributed by atoms with E-state index in [0.717, 1.165) is 24.1 Å². The molecule has 1 fully saturated rings. The lowest BCUT2D eigenvalue weighted by Crippen LogP contribution is -2.34. The standard InChI is InChI=1S/C23H21ClN2O2/c24-20-8-4-5-9-21(20)28-19-14-12-17(13-15-19)25-22(16-6-2-1-3-7-16)23(27)26-18-10-11-18/h1-9,12-15,18,22,25H,10-11H2,(H,26,27). The average Bonchev–Trinajstić information content (AvgIpc) is 3.53. The van der Waals surface area contributed by atoms with Crippen molar-refractivity contribution in [3.8, 4) is 11.5 Å². The summed E-state index contributed by atoms with van der Waals surface area (Å²) in [6.07, 6.45) is 2.11. The molecule has 3 aromatic rings. The summed E-state index contributed by atoms with van der Waals surface area (Å²) in [5, 5.41) is 6.98. The number of rotatable bonds is 7. The molecule has 4 nitrogen and oxygen atoms in total. The van der Waals surface area contributed by atoms with Crippen LogP contribution in [0.15, 0.2) is 78.9 Å². The van der Waals surface area contributed by atoms with Gasteiger partial charge in [0.2, 0.25) is 5.91 Å². The topological polar surface area (TPSA) is 50.4 Å². The normalized spacial score (nSPS) is 14.2. The number of benzene rings is 3. The Morgan fingerprint density at radius 1 is 0.929 bits per heavy atom. The van der Waals surface area contributed by atoms with Crippen molar-refractivity contribution < 1.29 is 9.53 Å². The Balaban J connectivity index is 1.48. The van der Waals surface area contributed by atoms with Gasteiger partial charge in [-0.1, -0.05) is 54.1 Å². The van der Waals surface area contributed by atoms with Gasteiger partial charge in [0.05, 0.1) is 5.02 Å². The first-order chi connectivity index (χ1) is 13.7. The van der Waals surface area contributed by atoms with Gasteiger partial charge in [-0.15, -0.1) is 0 Å². The Labute approximate surface area is 169 Å². The van der Waals surface area contributed by atoms with Gasteiger partial charge in [0.15, 0.2) is 0 Å². The fourth-order valence-corrected chi connectivity index (χ4v) is 3.07. The van der Waals surface area contributed by atoms with E-state index in [1.54, 1.807) is 6.07 Å². The van der Waals surface area contributed by atoms with Crippen LogP contribution in [-0.2, 0) is 4.79 Å². The van der Waals surface area contributed by atoms with Crippen molar-refractivity contribution in [2.24, 2.45) is 0 Å². The van der Waals surface area contributed by atoms with Crippen LogP contribution < -0.4 is 15.4 Å². The quantitative estimate of drug-likeness (QED) is 0.553. The van der Waals surface area contributed by atoms with E-state index in [-0.39, 0.29) is 5.91 Å². The van der Waals surface area contributed by atoms with E-state index in [1.165, 1.54) is 0 Å². The molecular formula is C23H21ClN2O2. The van der Waals surface area contributed by atoms with Crippen LogP contribution in [0.3, 0.4) is 0 Å². The van der Waals surface area contributed by atoms with E-state index in [9.17, 15) is 4.79 Å². The molecule has 0 radical (unpaired) electrons. The zero-order valence-corrected chi connectivity index (χ0v) is 16.0. The Morgan fingerprint density at radius 3 is 2.29 bits per heavy atom. The first-order valence-electron chi connectivity index (χ1n) is 9.33. The highest BCUT2D eigenvalue weighted by Gasteiger charge is 2.28. The van der Waals surface area contributed by atoms with Crippen LogP contribution >= 0.6 is 11.6 Å². The predicted octanol–water partition coefficient (Wildman–Crippen LogP) is 5.56. The fourth-order valence-electron chi connectivity index (χ4n) is 2.90.